The van der Waals surface area contributed by atoms with Crippen LogP contribution in [0, 0.1) is 11.8 Å². The van der Waals surface area contributed by atoms with E-state index in [-0.39, 0.29) is 5.75 Å². The van der Waals surface area contributed by atoms with Gasteiger partial charge in [0.1, 0.15) is 0 Å². The van der Waals surface area contributed by atoms with Gasteiger partial charge in [-0.1, -0.05) is 44.2 Å². The molecule has 100 valence electrons. The molecular formula is C14H21NO2S. The zero-order chi connectivity index (χ0) is 13.2. The van der Waals surface area contributed by atoms with Crippen molar-refractivity contribution < 1.29 is 8.42 Å². The summed E-state index contributed by atoms with van der Waals surface area (Å²) in [6.45, 7) is 5.70. The molecule has 1 aliphatic heterocycles. The van der Waals surface area contributed by atoms with Crippen LogP contribution in [0.15, 0.2) is 30.3 Å². The minimum atomic E-state index is -3.15. The SMILES string of the molecule is CC(C)[C@@H]1CCN(S(=O)(=O)Cc2ccccc2)C1. The van der Waals surface area contributed by atoms with Crippen molar-refractivity contribution in [3.63, 3.8) is 0 Å². The van der Waals surface area contributed by atoms with Gasteiger partial charge in [-0.3, -0.25) is 0 Å². The van der Waals surface area contributed by atoms with Crippen molar-refractivity contribution in [2.75, 3.05) is 13.1 Å². The Morgan fingerprint density at radius 2 is 1.94 bits per heavy atom. The Kier molecular flexibility index (Phi) is 4.07. The summed E-state index contributed by atoms with van der Waals surface area (Å²) in [6, 6.07) is 9.40. The van der Waals surface area contributed by atoms with Crippen LogP contribution in [0.4, 0.5) is 0 Å². The molecule has 0 spiro atoms. The third-order valence-electron chi connectivity index (χ3n) is 3.72. The van der Waals surface area contributed by atoms with Crippen LogP contribution in [0.3, 0.4) is 0 Å². The molecule has 1 aromatic carbocycles. The standard InChI is InChI=1S/C14H21NO2S/c1-12(2)14-8-9-15(10-14)18(16,17)11-13-6-4-3-5-7-13/h3-7,12,14H,8-11H2,1-2H3/t14-/m1/s1. The molecule has 1 aliphatic rings. The van der Waals surface area contributed by atoms with Crippen LogP contribution < -0.4 is 0 Å². The van der Waals surface area contributed by atoms with Crippen LogP contribution in [0.1, 0.15) is 25.8 Å². The highest BCUT2D eigenvalue weighted by atomic mass is 32.2. The van der Waals surface area contributed by atoms with E-state index in [9.17, 15) is 8.42 Å². The maximum atomic E-state index is 12.3. The molecule has 0 bridgehead atoms. The van der Waals surface area contributed by atoms with E-state index in [1.54, 1.807) is 4.31 Å². The van der Waals surface area contributed by atoms with Crippen LogP contribution in [-0.2, 0) is 15.8 Å². The second-order valence-corrected chi connectivity index (χ2v) is 7.36. The van der Waals surface area contributed by atoms with Gasteiger partial charge in [-0.2, -0.15) is 0 Å². The Morgan fingerprint density at radius 1 is 1.28 bits per heavy atom. The molecule has 0 aliphatic carbocycles. The highest BCUT2D eigenvalue weighted by molar-refractivity contribution is 7.88. The van der Waals surface area contributed by atoms with Crippen molar-refractivity contribution >= 4 is 10.0 Å². The molecule has 0 amide bonds. The fourth-order valence-corrected chi connectivity index (χ4v) is 4.03. The number of benzene rings is 1. The number of hydrogen-bond acceptors (Lipinski definition) is 2. The van der Waals surface area contributed by atoms with Crippen LogP contribution in [0.2, 0.25) is 0 Å². The summed E-state index contributed by atoms with van der Waals surface area (Å²) in [4.78, 5) is 0. The summed E-state index contributed by atoms with van der Waals surface area (Å²) in [5.74, 6) is 1.19. The van der Waals surface area contributed by atoms with Gasteiger partial charge in [0, 0.05) is 13.1 Å². The molecule has 18 heavy (non-hydrogen) atoms. The average Bonchev–Trinajstić information content (AvgIpc) is 2.79. The van der Waals surface area contributed by atoms with Crippen LogP contribution in [0.25, 0.3) is 0 Å². The van der Waals surface area contributed by atoms with E-state index in [1.165, 1.54) is 0 Å². The van der Waals surface area contributed by atoms with Crippen LogP contribution >= 0.6 is 0 Å². The third-order valence-corrected chi connectivity index (χ3v) is 5.53. The largest absolute Gasteiger partial charge is 0.218 e. The summed E-state index contributed by atoms with van der Waals surface area (Å²) in [5.41, 5.74) is 0.866. The molecule has 1 heterocycles. The highest BCUT2D eigenvalue weighted by Crippen LogP contribution is 2.26. The average molecular weight is 267 g/mol. The third kappa shape index (κ3) is 3.12. The van der Waals surface area contributed by atoms with E-state index in [1.807, 2.05) is 30.3 Å². The molecule has 0 aromatic heterocycles. The van der Waals surface area contributed by atoms with Gasteiger partial charge < -0.3 is 0 Å². The van der Waals surface area contributed by atoms with E-state index in [0.717, 1.165) is 12.0 Å². The van der Waals surface area contributed by atoms with E-state index in [0.29, 0.717) is 24.9 Å². The normalized spacial score (nSPS) is 21.6. The van der Waals surface area contributed by atoms with Crippen molar-refractivity contribution in [2.24, 2.45) is 11.8 Å². The summed E-state index contributed by atoms with van der Waals surface area (Å²) in [6.07, 6.45) is 0.992. The van der Waals surface area contributed by atoms with E-state index < -0.39 is 10.0 Å². The lowest BCUT2D eigenvalue weighted by Crippen LogP contribution is -2.30. The van der Waals surface area contributed by atoms with Crippen LogP contribution in [-0.4, -0.2) is 25.8 Å². The molecule has 1 aromatic rings. The molecule has 2 rings (SSSR count). The molecular weight excluding hydrogens is 246 g/mol. The van der Waals surface area contributed by atoms with E-state index >= 15 is 0 Å². The van der Waals surface area contributed by atoms with Crippen molar-refractivity contribution in [3.8, 4) is 0 Å². The molecule has 4 heteroatoms. The lowest BCUT2D eigenvalue weighted by molar-refractivity contribution is 0.388. The first-order valence-electron chi connectivity index (χ1n) is 6.51. The molecule has 0 saturated carbocycles. The number of rotatable bonds is 4. The smallest absolute Gasteiger partial charge is 0.212 e. The Morgan fingerprint density at radius 3 is 2.50 bits per heavy atom. The maximum absolute atomic E-state index is 12.3. The minimum absolute atomic E-state index is 0.124. The highest BCUT2D eigenvalue weighted by Gasteiger charge is 2.32. The van der Waals surface area contributed by atoms with Crippen molar-refractivity contribution in [1.29, 1.82) is 0 Å². The van der Waals surface area contributed by atoms with Crippen molar-refractivity contribution in [1.82, 2.24) is 4.31 Å². The fourth-order valence-electron chi connectivity index (χ4n) is 2.43. The van der Waals surface area contributed by atoms with Gasteiger partial charge in [-0.05, 0) is 23.8 Å². The molecule has 1 fully saturated rings. The first kappa shape index (κ1) is 13.6. The van der Waals surface area contributed by atoms with Crippen molar-refractivity contribution in [2.45, 2.75) is 26.0 Å². The Balaban J connectivity index is 2.04. The predicted octanol–water partition coefficient (Wildman–Crippen LogP) is 2.49. The van der Waals surface area contributed by atoms with Gasteiger partial charge in [0.25, 0.3) is 0 Å². The minimum Gasteiger partial charge on any atom is -0.212 e. The topological polar surface area (TPSA) is 37.4 Å². The summed E-state index contributed by atoms with van der Waals surface area (Å²) in [7, 11) is -3.15. The van der Waals surface area contributed by atoms with Gasteiger partial charge in [0.2, 0.25) is 10.0 Å². The first-order valence-corrected chi connectivity index (χ1v) is 8.11. The molecule has 1 saturated heterocycles. The first-order chi connectivity index (χ1) is 8.49. The van der Waals surface area contributed by atoms with Gasteiger partial charge in [0.05, 0.1) is 5.75 Å². The van der Waals surface area contributed by atoms with E-state index in [2.05, 4.69) is 13.8 Å². The number of hydrogen-bond donors (Lipinski definition) is 0. The molecule has 0 unspecified atom stereocenters. The maximum Gasteiger partial charge on any atom is 0.218 e. The Labute approximate surface area is 110 Å². The predicted molar refractivity (Wildman–Crippen MR) is 73.6 cm³/mol. The second kappa shape index (κ2) is 5.41. The summed E-state index contributed by atoms with van der Waals surface area (Å²) >= 11 is 0. The molecule has 1 atom stereocenters. The van der Waals surface area contributed by atoms with Gasteiger partial charge in [-0.25, -0.2) is 12.7 Å². The Bertz CT molecular complexity index is 482. The lowest BCUT2D eigenvalue weighted by Gasteiger charge is -2.18. The fraction of sp³-hybridized carbons (Fsp3) is 0.571. The Hall–Kier alpha value is -0.870. The van der Waals surface area contributed by atoms with Crippen LogP contribution in [0.5, 0.6) is 0 Å². The molecule has 3 nitrogen and oxygen atoms in total. The zero-order valence-electron chi connectivity index (χ0n) is 11.0. The lowest BCUT2D eigenvalue weighted by atomic mass is 9.96. The number of nitrogens with zero attached hydrogens (tertiary/aromatic N) is 1. The van der Waals surface area contributed by atoms with Gasteiger partial charge in [0.15, 0.2) is 0 Å². The van der Waals surface area contributed by atoms with E-state index in [4.69, 9.17) is 0 Å². The summed E-state index contributed by atoms with van der Waals surface area (Å²) < 4.78 is 26.3. The number of sulfonamides is 1. The van der Waals surface area contributed by atoms with Gasteiger partial charge >= 0.3 is 0 Å². The quantitative estimate of drug-likeness (QED) is 0.840. The molecule has 0 N–H and O–H groups in total. The van der Waals surface area contributed by atoms with Crippen molar-refractivity contribution in [3.05, 3.63) is 35.9 Å². The van der Waals surface area contributed by atoms with Gasteiger partial charge in [-0.15, -0.1) is 0 Å². The monoisotopic (exact) mass is 267 g/mol. The second-order valence-electron chi connectivity index (χ2n) is 5.39. The summed E-state index contributed by atoms with van der Waals surface area (Å²) in [5, 5.41) is 0. The zero-order valence-corrected chi connectivity index (χ0v) is 11.9. The molecule has 0 radical (unpaired) electrons.